The predicted molar refractivity (Wildman–Crippen MR) is 85.7 cm³/mol. The van der Waals surface area contributed by atoms with Gasteiger partial charge in [-0.2, -0.15) is 5.10 Å². The fourth-order valence-electron chi connectivity index (χ4n) is 2.13. The van der Waals surface area contributed by atoms with E-state index < -0.39 is 6.10 Å². The van der Waals surface area contributed by atoms with Crippen LogP contribution in [0.15, 0.2) is 77.8 Å². The number of aliphatic hydroxyl groups is 1. The Balaban J connectivity index is 1.74. The van der Waals surface area contributed by atoms with Crippen molar-refractivity contribution < 1.29 is 5.11 Å². The van der Waals surface area contributed by atoms with Crippen molar-refractivity contribution in [3.8, 4) is 5.69 Å². The Bertz CT molecular complexity index is 682. The third kappa shape index (κ3) is 3.35. The summed E-state index contributed by atoms with van der Waals surface area (Å²) in [5.74, 6) is 0.600. The van der Waals surface area contributed by atoms with Crippen molar-refractivity contribution >= 4 is 11.8 Å². The van der Waals surface area contributed by atoms with Gasteiger partial charge in [-0.05, 0) is 30.3 Å². The molecule has 3 nitrogen and oxygen atoms in total. The molecule has 106 valence electrons. The molecule has 3 aromatic rings. The van der Waals surface area contributed by atoms with Crippen LogP contribution in [-0.4, -0.2) is 20.6 Å². The number of hydrogen-bond acceptors (Lipinski definition) is 3. The number of benzene rings is 2. The van der Waals surface area contributed by atoms with Crippen molar-refractivity contribution in [1.29, 1.82) is 0 Å². The first-order valence-corrected chi connectivity index (χ1v) is 7.78. The molecular weight excluding hydrogens is 280 g/mol. The molecule has 1 heterocycles. The Morgan fingerprint density at radius 3 is 2.33 bits per heavy atom. The van der Waals surface area contributed by atoms with Crippen LogP contribution in [-0.2, 0) is 0 Å². The highest BCUT2D eigenvalue weighted by atomic mass is 32.2. The van der Waals surface area contributed by atoms with Crippen LogP contribution in [0.3, 0.4) is 0 Å². The minimum atomic E-state index is -0.557. The molecule has 1 atom stereocenters. The first-order chi connectivity index (χ1) is 10.3. The van der Waals surface area contributed by atoms with Crippen molar-refractivity contribution in [2.45, 2.75) is 11.0 Å². The van der Waals surface area contributed by atoms with E-state index in [1.807, 2.05) is 66.7 Å². The summed E-state index contributed by atoms with van der Waals surface area (Å²) in [6.45, 7) is 0. The molecule has 0 bridgehead atoms. The molecule has 1 unspecified atom stereocenters. The molecule has 3 rings (SSSR count). The average molecular weight is 296 g/mol. The van der Waals surface area contributed by atoms with E-state index in [-0.39, 0.29) is 0 Å². The van der Waals surface area contributed by atoms with E-state index in [1.165, 1.54) is 0 Å². The van der Waals surface area contributed by atoms with Crippen LogP contribution in [0.5, 0.6) is 0 Å². The number of hydrogen-bond donors (Lipinski definition) is 1. The molecule has 0 amide bonds. The number of aliphatic hydroxyl groups excluding tert-OH is 1. The lowest BCUT2D eigenvalue weighted by molar-refractivity contribution is 0.196. The molecule has 4 heteroatoms. The Hall–Kier alpha value is -2.04. The molecule has 0 aliphatic heterocycles. The zero-order chi connectivity index (χ0) is 14.5. The monoisotopic (exact) mass is 296 g/mol. The summed E-state index contributed by atoms with van der Waals surface area (Å²) in [5, 5.41) is 14.7. The average Bonchev–Trinajstić information content (AvgIpc) is 3.04. The van der Waals surface area contributed by atoms with Gasteiger partial charge in [0.25, 0.3) is 0 Å². The topological polar surface area (TPSA) is 38.1 Å². The predicted octanol–water partition coefficient (Wildman–Crippen LogP) is 3.70. The summed E-state index contributed by atoms with van der Waals surface area (Å²) in [5.41, 5.74) is 1.77. The Labute approximate surface area is 128 Å². The largest absolute Gasteiger partial charge is 0.386 e. The van der Waals surface area contributed by atoms with Crippen LogP contribution in [0.4, 0.5) is 0 Å². The van der Waals surface area contributed by atoms with Gasteiger partial charge in [-0.15, -0.1) is 11.8 Å². The first kappa shape index (κ1) is 13.9. The van der Waals surface area contributed by atoms with Gasteiger partial charge in [0.1, 0.15) is 6.10 Å². The van der Waals surface area contributed by atoms with Crippen LogP contribution in [0.2, 0.25) is 0 Å². The molecule has 2 aromatic carbocycles. The molecule has 0 spiro atoms. The van der Waals surface area contributed by atoms with Crippen LogP contribution < -0.4 is 0 Å². The van der Waals surface area contributed by atoms with E-state index in [9.17, 15) is 5.11 Å². The van der Waals surface area contributed by atoms with E-state index in [1.54, 1.807) is 22.6 Å². The summed E-state index contributed by atoms with van der Waals surface area (Å²) >= 11 is 1.64. The maximum Gasteiger partial charge on any atom is 0.105 e. The highest BCUT2D eigenvalue weighted by Gasteiger charge is 2.14. The minimum absolute atomic E-state index is 0.557. The second kappa shape index (κ2) is 6.61. The van der Waals surface area contributed by atoms with E-state index in [2.05, 4.69) is 5.10 Å². The summed E-state index contributed by atoms with van der Waals surface area (Å²) in [6.07, 6.45) is 1.16. The van der Waals surface area contributed by atoms with Crippen LogP contribution in [0, 0.1) is 0 Å². The van der Waals surface area contributed by atoms with Gasteiger partial charge < -0.3 is 5.11 Å². The number of nitrogens with zero attached hydrogens (tertiary/aromatic N) is 2. The lowest BCUT2D eigenvalue weighted by Gasteiger charge is -2.13. The molecule has 1 aromatic heterocycles. The third-order valence-corrected chi connectivity index (χ3v) is 4.25. The van der Waals surface area contributed by atoms with Gasteiger partial charge in [-0.25, -0.2) is 4.68 Å². The second-order valence-electron chi connectivity index (χ2n) is 4.64. The normalized spacial score (nSPS) is 12.2. The van der Waals surface area contributed by atoms with E-state index >= 15 is 0 Å². The maximum atomic E-state index is 10.4. The summed E-state index contributed by atoms with van der Waals surface area (Å²) in [6, 6.07) is 21.8. The smallest absolute Gasteiger partial charge is 0.105 e. The third-order valence-electron chi connectivity index (χ3n) is 3.17. The van der Waals surface area contributed by atoms with Crippen molar-refractivity contribution in [3.63, 3.8) is 0 Å². The number of rotatable bonds is 5. The molecule has 0 saturated heterocycles. The zero-order valence-electron chi connectivity index (χ0n) is 11.5. The highest BCUT2D eigenvalue weighted by Crippen LogP contribution is 2.25. The van der Waals surface area contributed by atoms with Gasteiger partial charge in [0.2, 0.25) is 0 Å². The van der Waals surface area contributed by atoms with Gasteiger partial charge in [0.05, 0.1) is 11.4 Å². The number of thioether (sulfide) groups is 1. The van der Waals surface area contributed by atoms with E-state index in [0.29, 0.717) is 5.75 Å². The number of aromatic nitrogens is 2. The SMILES string of the molecule is OC(CSc1ccccc1)c1ccnn1-c1ccccc1. The van der Waals surface area contributed by atoms with Crippen LogP contribution in [0.1, 0.15) is 11.8 Å². The van der Waals surface area contributed by atoms with Crippen LogP contribution in [0.25, 0.3) is 5.69 Å². The summed E-state index contributed by atoms with van der Waals surface area (Å²) in [4.78, 5) is 1.15. The van der Waals surface area contributed by atoms with E-state index in [0.717, 1.165) is 16.3 Å². The first-order valence-electron chi connectivity index (χ1n) is 6.80. The zero-order valence-corrected chi connectivity index (χ0v) is 12.3. The molecule has 0 radical (unpaired) electrons. The van der Waals surface area contributed by atoms with Crippen molar-refractivity contribution in [2.24, 2.45) is 0 Å². The quantitative estimate of drug-likeness (QED) is 0.730. The molecule has 0 fully saturated rings. The molecule has 0 saturated carbocycles. The Morgan fingerprint density at radius 1 is 0.952 bits per heavy atom. The Morgan fingerprint density at radius 2 is 1.62 bits per heavy atom. The Kier molecular flexibility index (Phi) is 4.38. The minimum Gasteiger partial charge on any atom is -0.386 e. The molecule has 0 aliphatic carbocycles. The van der Waals surface area contributed by atoms with Crippen LogP contribution >= 0.6 is 11.8 Å². The van der Waals surface area contributed by atoms with Crippen molar-refractivity contribution in [1.82, 2.24) is 9.78 Å². The fraction of sp³-hybridized carbons (Fsp3) is 0.118. The number of para-hydroxylation sites is 1. The van der Waals surface area contributed by atoms with Crippen molar-refractivity contribution in [3.05, 3.63) is 78.6 Å². The standard InChI is InChI=1S/C17H16N2OS/c20-17(13-21-15-9-5-2-6-10-15)16-11-12-18-19(16)14-7-3-1-4-8-14/h1-12,17,20H,13H2. The van der Waals surface area contributed by atoms with Gasteiger partial charge >= 0.3 is 0 Å². The fourth-order valence-corrected chi connectivity index (χ4v) is 3.00. The van der Waals surface area contributed by atoms with Gasteiger partial charge in [-0.3, -0.25) is 0 Å². The van der Waals surface area contributed by atoms with E-state index in [4.69, 9.17) is 0 Å². The van der Waals surface area contributed by atoms with Gasteiger partial charge in [0.15, 0.2) is 0 Å². The van der Waals surface area contributed by atoms with Gasteiger partial charge in [0, 0.05) is 16.8 Å². The maximum absolute atomic E-state index is 10.4. The van der Waals surface area contributed by atoms with Crippen molar-refractivity contribution in [2.75, 3.05) is 5.75 Å². The lowest BCUT2D eigenvalue weighted by atomic mass is 10.2. The second-order valence-corrected chi connectivity index (χ2v) is 5.74. The molecule has 0 aliphatic rings. The highest BCUT2D eigenvalue weighted by molar-refractivity contribution is 7.99. The molecular formula is C17H16N2OS. The van der Waals surface area contributed by atoms with Gasteiger partial charge in [-0.1, -0.05) is 36.4 Å². The molecule has 1 N–H and O–H groups in total. The lowest BCUT2D eigenvalue weighted by Crippen LogP contribution is -2.09. The summed E-state index contributed by atoms with van der Waals surface area (Å²) < 4.78 is 1.79. The molecule has 21 heavy (non-hydrogen) atoms. The summed E-state index contributed by atoms with van der Waals surface area (Å²) in [7, 11) is 0.